The van der Waals surface area contributed by atoms with E-state index in [0.717, 1.165) is 11.3 Å². The minimum Gasteiger partial charge on any atom is -0.476 e. The van der Waals surface area contributed by atoms with Crippen LogP contribution >= 0.6 is 11.3 Å². The van der Waals surface area contributed by atoms with Crippen LogP contribution in [0.25, 0.3) is 10.6 Å². The number of carbonyl (C=O) groups is 2. The Morgan fingerprint density at radius 3 is 2.59 bits per heavy atom. The first-order valence-corrected chi connectivity index (χ1v) is 5.62. The molecular formula is C11H9NO4S. The summed E-state index contributed by atoms with van der Waals surface area (Å²) >= 11 is 1.07. The van der Waals surface area contributed by atoms with Crippen molar-refractivity contribution in [1.29, 1.82) is 0 Å². The molecule has 0 saturated heterocycles. The molecule has 88 valence electrons. The Hall–Kier alpha value is -1.95. The Kier molecular flexibility index (Phi) is 2.81. The number of aromatic carboxylic acids is 1. The number of thiazole rings is 1. The third-order valence-electron chi connectivity index (χ3n) is 2.24. The zero-order chi connectivity index (χ0) is 12.6. The number of nitrogens with zero attached hydrogens (tertiary/aromatic N) is 1. The van der Waals surface area contributed by atoms with E-state index >= 15 is 0 Å². The second kappa shape index (κ2) is 4.14. The molecule has 2 heterocycles. The number of ketones is 1. The monoisotopic (exact) mass is 251 g/mol. The third-order valence-corrected chi connectivity index (χ3v) is 3.43. The average Bonchev–Trinajstić information content (AvgIpc) is 2.82. The van der Waals surface area contributed by atoms with Crippen LogP contribution in [-0.2, 0) is 0 Å². The van der Waals surface area contributed by atoms with Crippen molar-refractivity contribution in [3.8, 4) is 10.6 Å². The van der Waals surface area contributed by atoms with Gasteiger partial charge in [0.05, 0.1) is 11.8 Å². The number of carbonyl (C=O) groups excluding carboxylic acids is 1. The molecule has 0 unspecified atom stereocenters. The van der Waals surface area contributed by atoms with Gasteiger partial charge in [0.1, 0.15) is 15.6 Å². The largest absolute Gasteiger partial charge is 0.476 e. The SMILES string of the molecule is CC(=O)c1sc(-c2ccoc2C)nc1C(=O)O. The second-order valence-corrected chi connectivity index (χ2v) is 4.45. The maximum Gasteiger partial charge on any atom is 0.356 e. The predicted molar refractivity (Wildman–Crippen MR) is 61.5 cm³/mol. The van der Waals surface area contributed by atoms with Crippen LogP contribution in [0.4, 0.5) is 0 Å². The van der Waals surface area contributed by atoms with E-state index in [4.69, 9.17) is 9.52 Å². The smallest absolute Gasteiger partial charge is 0.356 e. The standard InChI is InChI=1S/C11H9NO4S/c1-5(13)9-8(11(14)15)12-10(17-9)7-3-4-16-6(7)2/h3-4H,1-2H3,(H,14,15). The first-order chi connectivity index (χ1) is 8.00. The normalized spacial score (nSPS) is 10.5. The summed E-state index contributed by atoms with van der Waals surface area (Å²) in [7, 11) is 0. The summed E-state index contributed by atoms with van der Waals surface area (Å²) in [5.74, 6) is -0.850. The number of aromatic nitrogens is 1. The van der Waals surface area contributed by atoms with Gasteiger partial charge in [-0.1, -0.05) is 0 Å². The van der Waals surface area contributed by atoms with Gasteiger partial charge in [0, 0.05) is 6.92 Å². The van der Waals surface area contributed by atoms with E-state index < -0.39 is 5.97 Å². The lowest BCUT2D eigenvalue weighted by Crippen LogP contribution is -2.03. The summed E-state index contributed by atoms with van der Waals surface area (Å²) in [6.45, 7) is 3.08. The van der Waals surface area contributed by atoms with Crippen LogP contribution < -0.4 is 0 Å². The Labute approximate surface area is 101 Å². The first kappa shape index (κ1) is 11.5. The Morgan fingerprint density at radius 2 is 2.18 bits per heavy atom. The summed E-state index contributed by atoms with van der Waals surface area (Å²) < 4.78 is 5.12. The Bertz CT molecular complexity index is 565. The quantitative estimate of drug-likeness (QED) is 0.848. The Morgan fingerprint density at radius 1 is 1.47 bits per heavy atom. The van der Waals surface area contributed by atoms with Crippen LogP contribution in [0, 0.1) is 6.92 Å². The number of carboxylic acid groups (broad SMARTS) is 1. The summed E-state index contributed by atoms with van der Waals surface area (Å²) in [6, 6.07) is 1.70. The van der Waals surface area contributed by atoms with E-state index in [2.05, 4.69) is 4.98 Å². The number of hydrogen-bond acceptors (Lipinski definition) is 5. The van der Waals surface area contributed by atoms with Crippen molar-refractivity contribution in [1.82, 2.24) is 4.98 Å². The van der Waals surface area contributed by atoms with Crippen LogP contribution in [-0.4, -0.2) is 21.8 Å². The van der Waals surface area contributed by atoms with Crippen molar-refractivity contribution in [3.05, 3.63) is 28.7 Å². The summed E-state index contributed by atoms with van der Waals surface area (Å²) in [4.78, 5) is 26.4. The highest BCUT2D eigenvalue weighted by molar-refractivity contribution is 7.17. The van der Waals surface area contributed by atoms with Gasteiger partial charge in [0.2, 0.25) is 0 Å². The fourth-order valence-electron chi connectivity index (χ4n) is 1.43. The molecule has 5 nitrogen and oxygen atoms in total. The highest BCUT2D eigenvalue weighted by Crippen LogP contribution is 2.31. The number of hydrogen-bond donors (Lipinski definition) is 1. The van der Waals surface area contributed by atoms with Crippen molar-refractivity contribution in [2.45, 2.75) is 13.8 Å². The second-order valence-electron chi connectivity index (χ2n) is 3.45. The van der Waals surface area contributed by atoms with E-state index in [9.17, 15) is 9.59 Å². The maximum atomic E-state index is 11.3. The summed E-state index contributed by atoms with van der Waals surface area (Å²) in [5.41, 5.74) is 0.517. The molecule has 0 aliphatic rings. The van der Waals surface area contributed by atoms with E-state index in [1.807, 2.05) is 0 Å². The van der Waals surface area contributed by atoms with Gasteiger partial charge in [-0.25, -0.2) is 9.78 Å². The molecule has 2 aromatic rings. The van der Waals surface area contributed by atoms with Gasteiger partial charge in [-0.05, 0) is 13.0 Å². The lowest BCUT2D eigenvalue weighted by molar-refractivity contribution is 0.0687. The first-order valence-electron chi connectivity index (χ1n) is 4.80. The van der Waals surface area contributed by atoms with Crippen molar-refractivity contribution in [2.75, 3.05) is 0 Å². The van der Waals surface area contributed by atoms with Crippen LogP contribution in [0.3, 0.4) is 0 Å². The number of furan rings is 1. The number of Topliss-reactive ketones (excluding diaryl/α,β-unsaturated/α-hetero) is 1. The van der Waals surface area contributed by atoms with E-state index in [0.29, 0.717) is 16.3 Å². The number of carboxylic acids is 1. The molecular weight excluding hydrogens is 242 g/mol. The molecule has 17 heavy (non-hydrogen) atoms. The third kappa shape index (κ3) is 1.99. The molecule has 6 heteroatoms. The van der Waals surface area contributed by atoms with Gasteiger partial charge in [0.25, 0.3) is 0 Å². The molecule has 0 amide bonds. The minimum absolute atomic E-state index is 0.160. The molecule has 1 N–H and O–H groups in total. The van der Waals surface area contributed by atoms with Gasteiger partial charge in [-0.2, -0.15) is 0 Å². The molecule has 0 saturated carbocycles. The van der Waals surface area contributed by atoms with Gasteiger partial charge >= 0.3 is 5.97 Å². The van der Waals surface area contributed by atoms with E-state index in [1.54, 1.807) is 13.0 Å². The fraction of sp³-hybridized carbons (Fsp3) is 0.182. The van der Waals surface area contributed by atoms with Crippen molar-refractivity contribution in [3.63, 3.8) is 0 Å². The topological polar surface area (TPSA) is 80.4 Å². The van der Waals surface area contributed by atoms with Gasteiger partial charge in [-0.3, -0.25) is 4.79 Å². The molecule has 0 aromatic carbocycles. The maximum absolute atomic E-state index is 11.3. The molecule has 2 rings (SSSR count). The van der Waals surface area contributed by atoms with Crippen LogP contribution in [0.5, 0.6) is 0 Å². The van der Waals surface area contributed by atoms with Crippen LogP contribution in [0.2, 0.25) is 0 Å². The van der Waals surface area contributed by atoms with Crippen LogP contribution in [0.1, 0.15) is 32.8 Å². The zero-order valence-electron chi connectivity index (χ0n) is 9.18. The van der Waals surface area contributed by atoms with Gasteiger partial charge in [0.15, 0.2) is 11.5 Å². The molecule has 0 radical (unpaired) electrons. The van der Waals surface area contributed by atoms with Crippen molar-refractivity contribution < 1.29 is 19.1 Å². The number of rotatable bonds is 3. The summed E-state index contributed by atoms with van der Waals surface area (Å²) in [6.07, 6.45) is 1.50. The molecule has 0 atom stereocenters. The van der Waals surface area contributed by atoms with Crippen molar-refractivity contribution >= 4 is 23.1 Å². The summed E-state index contributed by atoms with van der Waals surface area (Å²) in [5, 5.41) is 9.45. The van der Waals surface area contributed by atoms with Crippen LogP contribution in [0.15, 0.2) is 16.7 Å². The van der Waals surface area contributed by atoms with Gasteiger partial charge < -0.3 is 9.52 Å². The fourth-order valence-corrected chi connectivity index (χ4v) is 2.45. The Balaban J connectivity index is 2.59. The molecule has 0 bridgehead atoms. The highest BCUT2D eigenvalue weighted by atomic mass is 32.1. The highest BCUT2D eigenvalue weighted by Gasteiger charge is 2.22. The van der Waals surface area contributed by atoms with E-state index in [1.165, 1.54) is 13.2 Å². The van der Waals surface area contributed by atoms with Crippen molar-refractivity contribution in [2.24, 2.45) is 0 Å². The number of aryl methyl sites for hydroxylation is 1. The molecule has 0 aliphatic heterocycles. The lowest BCUT2D eigenvalue weighted by Gasteiger charge is -1.90. The molecule has 2 aromatic heterocycles. The molecule has 0 aliphatic carbocycles. The molecule has 0 fully saturated rings. The predicted octanol–water partition coefficient (Wildman–Crippen LogP) is 2.61. The van der Waals surface area contributed by atoms with Gasteiger partial charge in [-0.15, -0.1) is 11.3 Å². The lowest BCUT2D eigenvalue weighted by atomic mass is 10.2. The average molecular weight is 251 g/mol. The zero-order valence-corrected chi connectivity index (χ0v) is 10.00. The minimum atomic E-state index is -1.20. The molecule has 0 spiro atoms. The van der Waals surface area contributed by atoms with E-state index in [-0.39, 0.29) is 16.4 Å².